The first-order valence-electron chi connectivity index (χ1n) is 6.51. The molecule has 0 saturated heterocycles. The maximum absolute atomic E-state index is 10.5. The summed E-state index contributed by atoms with van der Waals surface area (Å²) in [5.74, 6) is 0. The van der Waals surface area contributed by atoms with Crippen molar-refractivity contribution in [3.05, 3.63) is 35.4 Å². The van der Waals surface area contributed by atoms with Crippen LogP contribution in [0.4, 0.5) is 0 Å². The van der Waals surface area contributed by atoms with Gasteiger partial charge in [0.15, 0.2) is 0 Å². The summed E-state index contributed by atoms with van der Waals surface area (Å²) in [6.07, 6.45) is 4.14. The molecule has 1 aliphatic carbocycles. The number of quaternary nitrogens is 1. The monoisotopic (exact) mass is 234 g/mol. The van der Waals surface area contributed by atoms with Crippen molar-refractivity contribution in [1.29, 1.82) is 0 Å². The minimum atomic E-state index is -0.547. The summed E-state index contributed by atoms with van der Waals surface area (Å²) < 4.78 is 0.934. The van der Waals surface area contributed by atoms with Crippen LogP contribution in [-0.2, 0) is 12.1 Å². The van der Waals surface area contributed by atoms with Gasteiger partial charge in [-0.25, -0.2) is 0 Å². The van der Waals surface area contributed by atoms with Crippen LogP contribution in [0.25, 0.3) is 0 Å². The molecule has 0 aromatic heterocycles. The van der Waals surface area contributed by atoms with Gasteiger partial charge >= 0.3 is 0 Å². The summed E-state index contributed by atoms with van der Waals surface area (Å²) in [6.45, 7) is 1.03. The van der Waals surface area contributed by atoms with Gasteiger partial charge in [-0.15, -0.1) is 0 Å². The third-order valence-electron chi connectivity index (χ3n) is 3.58. The lowest BCUT2D eigenvalue weighted by Gasteiger charge is -2.25. The van der Waals surface area contributed by atoms with E-state index in [9.17, 15) is 5.11 Å². The number of hydrogen-bond donors (Lipinski definition) is 1. The molecule has 94 valence electrons. The molecule has 0 amide bonds. The molecule has 1 N–H and O–H groups in total. The van der Waals surface area contributed by atoms with Gasteiger partial charge in [-0.05, 0) is 18.4 Å². The van der Waals surface area contributed by atoms with Gasteiger partial charge in [0.1, 0.15) is 6.54 Å². The first-order chi connectivity index (χ1) is 7.89. The molecule has 0 bridgehead atoms. The van der Waals surface area contributed by atoms with Crippen LogP contribution in [0.1, 0.15) is 36.8 Å². The van der Waals surface area contributed by atoms with Crippen LogP contribution >= 0.6 is 0 Å². The molecule has 1 fully saturated rings. The Labute approximate surface area is 104 Å². The summed E-state index contributed by atoms with van der Waals surface area (Å²) >= 11 is 0. The van der Waals surface area contributed by atoms with Crippen LogP contribution in [0.3, 0.4) is 0 Å². The van der Waals surface area contributed by atoms with E-state index >= 15 is 0 Å². The number of nitrogens with zero attached hydrogens (tertiary/aromatic N) is 1. The van der Waals surface area contributed by atoms with E-state index in [4.69, 9.17) is 0 Å². The van der Waals surface area contributed by atoms with Gasteiger partial charge in [-0.2, -0.15) is 0 Å². The van der Waals surface area contributed by atoms with E-state index in [-0.39, 0.29) is 0 Å². The van der Waals surface area contributed by atoms with Gasteiger partial charge in [0, 0.05) is 5.56 Å². The highest BCUT2D eigenvalue weighted by molar-refractivity contribution is 5.27. The van der Waals surface area contributed by atoms with Crippen molar-refractivity contribution in [2.45, 2.75) is 37.8 Å². The van der Waals surface area contributed by atoms with Crippen LogP contribution in [0, 0.1) is 0 Å². The molecule has 2 nitrogen and oxygen atoms in total. The Kier molecular flexibility index (Phi) is 3.28. The molecule has 2 heteroatoms. The summed E-state index contributed by atoms with van der Waals surface area (Å²) in [5.41, 5.74) is 1.89. The van der Waals surface area contributed by atoms with E-state index < -0.39 is 5.60 Å². The second-order valence-corrected chi connectivity index (χ2v) is 6.38. The molecule has 0 aliphatic heterocycles. The number of aliphatic hydroxyl groups is 1. The highest BCUT2D eigenvalue weighted by atomic mass is 16.3. The van der Waals surface area contributed by atoms with Crippen molar-refractivity contribution >= 4 is 0 Å². The van der Waals surface area contributed by atoms with Crippen molar-refractivity contribution in [3.8, 4) is 0 Å². The zero-order chi connectivity index (χ0) is 12.5. The second kappa shape index (κ2) is 4.43. The maximum Gasteiger partial charge on any atom is 0.104 e. The lowest BCUT2D eigenvalue weighted by atomic mass is 9.91. The molecule has 1 aromatic carbocycles. The number of rotatable bonds is 3. The normalized spacial score (nSPS) is 19.5. The molecule has 1 aliphatic rings. The number of benzene rings is 1. The minimum absolute atomic E-state index is 0.547. The fourth-order valence-corrected chi connectivity index (χ4v) is 2.72. The Balaban J connectivity index is 2.13. The van der Waals surface area contributed by atoms with Gasteiger partial charge in [0.2, 0.25) is 0 Å². The second-order valence-electron chi connectivity index (χ2n) is 6.38. The van der Waals surface area contributed by atoms with Crippen LogP contribution in [0.5, 0.6) is 0 Å². The quantitative estimate of drug-likeness (QED) is 0.797. The van der Waals surface area contributed by atoms with Crippen LogP contribution < -0.4 is 0 Å². The Morgan fingerprint density at radius 3 is 2.06 bits per heavy atom. The van der Waals surface area contributed by atoms with Crippen molar-refractivity contribution in [1.82, 2.24) is 0 Å². The van der Waals surface area contributed by atoms with E-state index in [1.165, 1.54) is 5.56 Å². The molecule has 0 spiro atoms. The van der Waals surface area contributed by atoms with Crippen molar-refractivity contribution in [2.24, 2.45) is 0 Å². The molecule has 2 rings (SSSR count). The third kappa shape index (κ3) is 3.08. The van der Waals surface area contributed by atoms with Gasteiger partial charge in [-0.1, -0.05) is 37.1 Å². The van der Waals surface area contributed by atoms with Crippen molar-refractivity contribution in [2.75, 3.05) is 21.1 Å². The van der Waals surface area contributed by atoms with Crippen molar-refractivity contribution < 1.29 is 9.59 Å². The SMILES string of the molecule is C[N+](C)(C)Cc1ccc(C2(O)CCCC2)cc1. The maximum atomic E-state index is 10.5. The Morgan fingerprint density at radius 1 is 1.06 bits per heavy atom. The fourth-order valence-electron chi connectivity index (χ4n) is 2.72. The van der Waals surface area contributed by atoms with Gasteiger partial charge in [-0.3, -0.25) is 0 Å². The highest BCUT2D eigenvalue weighted by Gasteiger charge is 2.32. The van der Waals surface area contributed by atoms with Crippen LogP contribution in [-0.4, -0.2) is 30.7 Å². The fraction of sp³-hybridized carbons (Fsp3) is 0.600. The van der Waals surface area contributed by atoms with Gasteiger partial charge in [0.05, 0.1) is 26.7 Å². The van der Waals surface area contributed by atoms with E-state index in [1.807, 2.05) is 0 Å². The van der Waals surface area contributed by atoms with Crippen molar-refractivity contribution in [3.63, 3.8) is 0 Å². The topological polar surface area (TPSA) is 20.2 Å². The molecule has 0 atom stereocenters. The van der Waals surface area contributed by atoms with Gasteiger partial charge in [0.25, 0.3) is 0 Å². The summed E-state index contributed by atoms with van der Waals surface area (Å²) in [6, 6.07) is 8.54. The lowest BCUT2D eigenvalue weighted by Crippen LogP contribution is -2.33. The van der Waals surface area contributed by atoms with Crippen LogP contribution in [0.15, 0.2) is 24.3 Å². The molecule has 0 unspecified atom stereocenters. The van der Waals surface area contributed by atoms with E-state index in [2.05, 4.69) is 45.4 Å². The molecular formula is C15H24NO+. The average molecular weight is 234 g/mol. The lowest BCUT2D eigenvalue weighted by molar-refractivity contribution is -0.884. The zero-order valence-electron chi connectivity index (χ0n) is 11.2. The third-order valence-corrected chi connectivity index (χ3v) is 3.58. The highest BCUT2D eigenvalue weighted by Crippen LogP contribution is 2.38. The summed E-state index contributed by atoms with van der Waals surface area (Å²) in [5, 5.41) is 10.5. The molecule has 1 saturated carbocycles. The largest absolute Gasteiger partial charge is 0.385 e. The van der Waals surface area contributed by atoms with Gasteiger partial charge < -0.3 is 9.59 Å². The predicted octanol–water partition coefficient (Wildman–Crippen LogP) is 2.65. The van der Waals surface area contributed by atoms with E-state index in [1.54, 1.807) is 0 Å². The molecule has 17 heavy (non-hydrogen) atoms. The zero-order valence-corrected chi connectivity index (χ0v) is 11.2. The molecule has 0 radical (unpaired) electrons. The smallest absolute Gasteiger partial charge is 0.104 e. The number of hydrogen-bond acceptors (Lipinski definition) is 1. The molecular weight excluding hydrogens is 210 g/mol. The first kappa shape index (κ1) is 12.6. The minimum Gasteiger partial charge on any atom is -0.385 e. The van der Waals surface area contributed by atoms with E-state index in [0.29, 0.717) is 0 Å². The summed E-state index contributed by atoms with van der Waals surface area (Å²) in [7, 11) is 6.58. The van der Waals surface area contributed by atoms with Crippen LogP contribution in [0.2, 0.25) is 0 Å². The standard InChI is InChI=1S/C15H24NO/c1-16(2,3)12-13-6-8-14(9-7-13)15(17)10-4-5-11-15/h6-9,17H,4-5,10-12H2,1-3H3/q+1. The Bertz CT molecular complexity index is 369. The average Bonchev–Trinajstić information content (AvgIpc) is 2.65. The molecule has 1 aromatic rings. The van der Waals surface area contributed by atoms with E-state index in [0.717, 1.165) is 42.3 Å². The molecule has 0 heterocycles. The first-order valence-corrected chi connectivity index (χ1v) is 6.51. The Morgan fingerprint density at radius 2 is 1.59 bits per heavy atom. The summed E-state index contributed by atoms with van der Waals surface area (Å²) in [4.78, 5) is 0. The Hall–Kier alpha value is -0.860. The predicted molar refractivity (Wildman–Crippen MR) is 70.5 cm³/mol.